The second-order valence-electron chi connectivity index (χ2n) is 6.02. The van der Waals surface area contributed by atoms with E-state index in [1.807, 2.05) is 0 Å². The molecule has 0 aromatic rings. The monoisotopic (exact) mass is 543 g/mol. The molecular formula is C10H6F17NO3S. The van der Waals surface area contributed by atoms with Crippen molar-refractivity contribution in [2.75, 3.05) is 0 Å². The molecule has 0 aromatic carbocycles. The Balaban J connectivity index is 7.07. The highest BCUT2D eigenvalue weighted by atomic mass is 32.2. The van der Waals surface area contributed by atoms with E-state index >= 15 is 0 Å². The third kappa shape index (κ3) is 3.46. The molecule has 0 heterocycles. The van der Waals surface area contributed by atoms with Gasteiger partial charge in [-0.1, -0.05) is 0 Å². The van der Waals surface area contributed by atoms with E-state index in [0.29, 0.717) is 0 Å². The van der Waals surface area contributed by atoms with E-state index in [-0.39, 0.29) is 0 Å². The fourth-order valence-electron chi connectivity index (χ4n) is 1.58. The predicted molar refractivity (Wildman–Crippen MR) is 64.4 cm³/mol. The van der Waals surface area contributed by atoms with Crippen LogP contribution in [0.1, 0.15) is 6.92 Å². The Morgan fingerprint density at radius 2 is 0.750 bits per heavy atom. The van der Waals surface area contributed by atoms with Gasteiger partial charge in [-0.15, -0.1) is 0 Å². The first-order chi connectivity index (χ1) is 13.2. The van der Waals surface area contributed by atoms with E-state index in [4.69, 9.17) is 5.11 Å². The van der Waals surface area contributed by atoms with Gasteiger partial charge in [0.1, 0.15) is 0 Å². The van der Waals surface area contributed by atoms with Crippen molar-refractivity contribution < 1.29 is 88.2 Å². The molecule has 194 valence electrons. The Hall–Kier alpha value is -1.32. The van der Waals surface area contributed by atoms with Crippen molar-refractivity contribution in [3.05, 3.63) is 0 Å². The lowest BCUT2D eigenvalue weighted by Gasteiger charge is -2.43. The molecule has 1 unspecified atom stereocenters. The average molecular weight is 543 g/mol. The number of alkyl halides is 17. The summed E-state index contributed by atoms with van der Waals surface area (Å²) in [5, 5.41) is -3.90. The zero-order valence-corrected chi connectivity index (χ0v) is 15.0. The maximum absolute atomic E-state index is 13.5. The third-order valence-electron chi connectivity index (χ3n) is 3.57. The average Bonchev–Trinajstić information content (AvgIpc) is 2.51. The number of rotatable bonds is 8. The van der Waals surface area contributed by atoms with Gasteiger partial charge >= 0.3 is 47.0 Å². The topological polar surface area (TPSA) is 80.4 Å². The van der Waals surface area contributed by atoms with Gasteiger partial charge in [0.2, 0.25) is 5.06 Å². The van der Waals surface area contributed by atoms with Crippen LogP contribution in [0.3, 0.4) is 0 Å². The van der Waals surface area contributed by atoms with Crippen molar-refractivity contribution >= 4 is 9.84 Å². The summed E-state index contributed by atoms with van der Waals surface area (Å²) in [4.78, 5) is 0. The molecule has 0 saturated heterocycles. The highest BCUT2D eigenvalue weighted by molar-refractivity contribution is 7.93. The zero-order valence-electron chi connectivity index (χ0n) is 14.2. The van der Waals surface area contributed by atoms with E-state index in [0.717, 1.165) is 0 Å². The summed E-state index contributed by atoms with van der Waals surface area (Å²) in [5.41, 5.74) is 4.04. The van der Waals surface area contributed by atoms with Gasteiger partial charge in [0.15, 0.2) is 0 Å². The van der Waals surface area contributed by atoms with Crippen LogP contribution in [0.2, 0.25) is 0 Å². The lowest BCUT2D eigenvalue weighted by Crippen LogP contribution is -2.75. The Morgan fingerprint density at radius 1 is 0.531 bits per heavy atom. The van der Waals surface area contributed by atoms with Gasteiger partial charge in [-0.25, -0.2) is 8.42 Å². The molecule has 32 heavy (non-hydrogen) atoms. The van der Waals surface area contributed by atoms with Crippen LogP contribution >= 0.6 is 0 Å². The summed E-state index contributed by atoms with van der Waals surface area (Å²) >= 11 is 0. The number of halogens is 17. The maximum atomic E-state index is 13.5. The number of aliphatic hydroxyl groups is 1. The normalized spacial score (nSPS) is 18.5. The number of hydrogen-bond acceptors (Lipinski definition) is 4. The molecule has 0 aromatic heterocycles. The third-order valence-corrected chi connectivity index (χ3v) is 5.59. The van der Waals surface area contributed by atoms with Gasteiger partial charge in [0.25, 0.3) is 9.84 Å². The summed E-state index contributed by atoms with van der Waals surface area (Å²) in [7, 11) is -7.73. The predicted octanol–water partition coefficient (Wildman–Crippen LogP) is 3.99. The first-order valence-electron chi connectivity index (χ1n) is 6.72. The molecule has 1 atom stereocenters. The number of hydrogen-bond donors (Lipinski definition) is 2. The summed E-state index contributed by atoms with van der Waals surface area (Å²) < 4.78 is 242. The smallest absolute Gasteiger partial charge is 0.363 e. The Bertz CT molecular complexity index is 822. The minimum absolute atomic E-state index is 0.574. The summed E-state index contributed by atoms with van der Waals surface area (Å²) in [6, 6.07) is 0. The number of sulfone groups is 1. The van der Waals surface area contributed by atoms with Crippen LogP contribution in [0.4, 0.5) is 74.6 Å². The minimum Gasteiger partial charge on any atom is -0.363 e. The van der Waals surface area contributed by atoms with E-state index in [2.05, 4.69) is 5.73 Å². The molecule has 0 saturated carbocycles. The largest absolute Gasteiger partial charge is 0.460 e. The molecule has 0 rings (SSSR count). The Kier molecular flexibility index (Phi) is 6.80. The summed E-state index contributed by atoms with van der Waals surface area (Å²) in [6.45, 7) is -0.574. The van der Waals surface area contributed by atoms with Crippen LogP contribution < -0.4 is 5.73 Å². The van der Waals surface area contributed by atoms with Crippen molar-refractivity contribution in [1.29, 1.82) is 0 Å². The fraction of sp³-hybridized carbons (Fsp3) is 1.00. The minimum atomic E-state index is -8.93. The standard InChI is InChI=1S/C10H6F17NO3S/c1-2(28,29)32(30,31)10(26,27)8(21,22)6(17,18)4(13,14)3(11,12)5(15,16)7(19,20)9(23,24)25/h29H,28H2,1H3. The molecule has 0 spiro atoms. The van der Waals surface area contributed by atoms with Crippen LogP contribution in [0.5, 0.6) is 0 Å². The van der Waals surface area contributed by atoms with Gasteiger partial charge in [-0.05, 0) is 6.92 Å². The SMILES string of the molecule is CC(N)(O)S(=O)(=O)C(F)(F)C(F)(F)C(F)(F)C(F)(F)C(F)(F)C(F)(F)C(F)(F)C(F)(F)F. The van der Waals surface area contributed by atoms with Crippen LogP contribution in [0.15, 0.2) is 0 Å². The molecule has 0 aliphatic carbocycles. The molecule has 0 radical (unpaired) electrons. The first kappa shape index (κ1) is 30.7. The molecule has 0 fully saturated rings. The lowest BCUT2D eigenvalue weighted by atomic mass is 9.91. The van der Waals surface area contributed by atoms with Gasteiger partial charge in [0.05, 0.1) is 0 Å². The van der Waals surface area contributed by atoms with Crippen LogP contribution in [-0.4, -0.2) is 65.5 Å². The van der Waals surface area contributed by atoms with Crippen LogP contribution in [0, 0.1) is 0 Å². The maximum Gasteiger partial charge on any atom is 0.460 e. The highest BCUT2D eigenvalue weighted by Gasteiger charge is 2.96. The highest BCUT2D eigenvalue weighted by Crippen LogP contribution is 2.64. The molecule has 0 aliphatic rings. The van der Waals surface area contributed by atoms with Crippen molar-refractivity contribution in [2.45, 2.75) is 58.9 Å². The van der Waals surface area contributed by atoms with E-state index in [9.17, 15) is 83.1 Å². The molecular weight excluding hydrogens is 537 g/mol. The number of nitrogens with two attached hydrogens (primary N) is 1. The van der Waals surface area contributed by atoms with Gasteiger partial charge in [-0.2, -0.15) is 74.6 Å². The van der Waals surface area contributed by atoms with E-state index in [1.165, 1.54) is 0 Å². The van der Waals surface area contributed by atoms with Gasteiger partial charge < -0.3 is 5.11 Å². The fourth-order valence-corrected chi connectivity index (χ4v) is 2.56. The molecule has 22 heteroatoms. The van der Waals surface area contributed by atoms with Gasteiger partial charge in [0, 0.05) is 0 Å². The van der Waals surface area contributed by atoms with Crippen molar-refractivity contribution in [2.24, 2.45) is 5.73 Å². The van der Waals surface area contributed by atoms with E-state index < -0.39 is 68.8 Å². The van der Waals surface area contributed by atoms with Crippen molar-refractivity contribution in [3.63, 3.8) is 0 Å². The molecule has 0 aliphatic heterocycles. The summed E-state index contributed by atoms with van der Waals surface area (Å²) in [5.74, 6) is -52.2. The quantitative estimate of drug-likeness (QED) is 0.359. The molecule has 0 amide bonds. The molecule has 4 nitrogen and oxygen atoms in total. The van der Waals surface area contributed by atoms with Crippen LogP contribution in [-0.2, 0) is 9.84 Å². The van der Waals surface area contributed by atoms with Crippen molar-refractivity contribution in [3.8, 4) is 0 Å². The first-order valence-corrected chi connectivity index (χ1v) is 8.20. The second kappa shape index (κ2) is 7.09. The van der Waals surface area contributed by atoms with Crippen molar-refractivity contribution in [1.82, 2.24) is 0 Å². The lowest BCUT2D eigenvalue weighted by molar-refractivity contribution is -0.458. The molecule has 0 bridgehead atoms. The summed E-state index contributed by atoms with van der Waals surface area (Å²) in [6.07, 6.45) is -7.90. The molecule has 3 N–H and O–H groups in total. The van der Waals surface area contributed by atoms with E-state index in [1.54, 1.807) is 0 Å². The second-order valence-corrected chi connectivity index (χ2v) is 8.37. The Labute approximate surface area is 164 Å². The van der Waals surface area contributed by atoms with Crippen LogP contribution in [0.25, 0.3) is 0 Å². The van der Waals surface area contributed by atoms with Gasteiger partial charge in [-0.3, -0.25) is 5.73 Å². The zero-order chi connectivity index (χ0) is 27.0. The Morgan fingerprint density at radius 3 is 0.969 bits per heavy atom.